The third-order valence-corrected chi connectivity index (χ3v) is 2.31. The smallest absolute Gasteiger partial charge is 0.326 e. The van der Waals surface area contributed by atoms with Gasteiger partial charge in [-0.2, -0.15) is 0 Å². The van der Waals surface area contributed by atoms with Crippen molar-refractivity contribution < 1.29 is 19.5 Å². The van der Waals surface area contributed by atoms with E-state index in [9.17, 15) is 14.4 Å². The van der Waals surface area contributed by atoms with Crippen LogP contribution < -0.4 is 11.1 Å². The van der Waals surface area contributed by atoms with Gasteiger partial charge in [0.25, 0.3) is 5.91 Å². The molecule has 4 N–H and O–H groups in total. The average molecular weight is 244 g/mol. The molecule has 0 spiro atoms. The third-order valence-electron chi connectivity index (χ3n) is 2.31. The fourth-order valence-electron chi connectivity index (χ4n) is 1.28. The van der Waals surface area contributed by atoms with Crippen LogP contribution in [0.15, 0.2) is 0 Å². The molecule has 0 aromatic rings. The first kappa shape index (κ1) is 15.6. The Morgan fingerprint density at radius 1 is 1.29 bits per heavy atom. The number of nitrogens with two attached hydrogens (primary N) is 1. The molecular weight excluding hydrogens is 224 g/mol. The van der Waals surface area contributed by atoms with Crippen molar-refractivity contribution in [3.8, 4) is 0 Å². The zero-order valence-electron chi connectivity index (χ0n) is 10.4. The number of Topliss-reactive ketones (excluding diaryl/α,β-unsaturated/α-hetero) is 1. The van der Waals surface area contributed by atoms with Crippen LogP contribution in [0.2, 0.25) is 0 Å². The number of carboxylic acids is 1. The van der Waals surface area contributed by atoms with E-state index in [2.05, 4.69) is 5.32 Å². The number of carboxylic acid groups (broad SMARTS) is 1. The second kappa shape index (κ2) is 7.01. The van der Waals surface area contributed by atoms with E-state index in [-0.39, 0.29) is 12.3 Å². The predicted octanol–water partition coefficient (Wildman–Crippen LogP) is -0.0917. The highest BCUT2D eigenvalue weighted by Gasteiger charge is 2.26. The fourth-order valence-corrected chi connectivity index (χ4v) is 1.28. The maximum absolute atomic E-state index is 11.4. The molecule has 0 aliphatic heterocycles. The highest BCUT2D eigenvalue weighted by atomic mass is 16.4. The first-order valence-corrected chi connectivity index (χ1v) is 5.62. The lowest BCUT2D eigenvalue weighted by Gasteiger charge is -2.16. The van der Waals surface area contributed by atoms with E-state index in [1.54, 1.807) is 6.92 Å². The van der Waals surface area contributed by atoms with Crippen molar-refractivity contribution in [2.75, 3.05) is 0 Å². The van der Waals surface area contributed by atoms with Crippen molar-refractivity contribution in [3.63, 3.8) is 0 Å². The van der Waals surface area contributed by atoms with Crippen LogP contribution in [0, 0.1) is 5.92 Å². The first-order valence-electron chi connectivity index (χ1n) is 5.62. The summed E-state index contributed by atoms with van der Waals surface area (Å²) in [4.78, 5) is 33.7. The second-order valence-corrected chi connectivity index (χ2v) is 4.37. The zero-order chi connectivity index (χ0) is 13.6. The third kappa shape index (κ3) is 5.44. The highest BCUT2D eigenvalue weighted by Crippen LogP contribution is 2.05. The van der Waals surface area contributed by atoms with Crippen LogP contribution in [0.5, 0.6) is 0 Å². The van der Waals surface area contributed by atoms with E-state index in [0.717, 1.165) is 0 Å². The van der Waals surface area contributed by atoms with Gasteiger partial charge in [0.15, 0.2) is 0 Å². The molecule has 0 saturated heterocycles. The Hall–Kier alpha value is -1.43. The van der Waals surface area contributed by atoms with Crippen molar-refractivity contribution >= 4 is 17.7 Å². The van der Waals surface area contributed by atoms with Gasteiger partial charge in [0, 0.05) is 0 Å². The van der Waals surface area contributed by atoms with Crippen LogP contribution in [0.4, 0.5) is 0 Å². The van der Waals surface area contributed by atoms with Gasteiger partial charge in [0.1, 0.15) is 6.04 Å². The lowest BCUT2D eigenvalue weighted by molar-refractivity contribution is -0.145. The number of amides is 1. The van der Waals surface area contributed by atoms with E-state index in [0.29, 0.717) is 6.42 Å². The molecule has 6 nitrogen and oxygen atoms in total. The molecule has 1 unspecified atom stereocenters. The second-order valence-electron chi connectivity index (χ2n) is 4.37. The van der Waals surface area contributed by atoms with Gasteiger partial charge in [-0.1, -0.05) is 20.8 Å². The quantitative estimate of drug-likeness (QED) is 0.542. The van der Waals surface area contributed by atoms with Gasteiger partial charge >= 0.3 is 5.97 Å². The molecule has 0 aliphatic rings. The lowest BCUT2D eigenvalue weighted by Crippen LogP contribution is -2.49. The summed E-state index contributed by atoms with van der Waals surface area (Å²) in [6.07, 6.45) is 0.615. The van der Waals surface area contributed by atoms with Gasteiger partial charge in [0.05, 0.1) is 6.04 Å². The standard InChI is InChI=1S/C11H20N2O4/c1-4-7(12)9(14)10(15)13-8(11(16)17)5-6(2)3/h6-8H,4-5,12H2,1-3H3,(H,13,15)(H,16,17)/t7?,8-/m1/s1. The summed E-state index contributed by atoms with van der Waals surface area (Å²) in [5, 5.41) is 11.1. The Balaban J connectivity index is 4.51. The Morgan fingerprint density at radius 2 is 1.82 bits per heavy atom. The normalized spacial score (nSPS) is 14.2. The van der Waals surface area contributed by atoms with E-state index in [1.807, 2.05) is 13.8 Å². The van der Waals surface area contributed by atoms with Gasteiger partial charge in [-0.15, -0.1) is 0 Å². The topological polar surface area (TPSA) is 109 Å². The number of hydrogen-bond acceptors (Lipinski definition) is 4. The molecule has 0 aromatic carbocycles. The molecule has 6 heteroatoms. The predicted molar refractivity (Wildman–Crippen MR) is 62.3 cm³/mol. The largest absolute Gasteiger partial charge is 0.480 e. The molecule has 0 fully saturated rings. The molecule has 0 rings (SSSR count). The Labute approximate surface area is 101 Å². The summed E-state index contributed by atoms with van der Waals surface area (Å²) in [7, 11) is 0. The molecule has 0 aromatic heterocycles. The van der Waals surface area contributed by atoms with E-state index >= 15 is 0 Å². The lowest BCUT2D eigenvalue weighted by atomic mass is 10.0. The van der Waals surface area contributed by atoms with Crippen LogP contribution in [-0.2, 0) is 14.4 Å². The molecule has 1 amide bonds. The maximum atomic E-state index is 11.4. The number of rotatable bonds is 7. The Bertz CT molecular complexity index is 302. The number of carbonyl (C=O) groups excluding carboxylic acids is 2. The van der Waals surface area contributed by atoms with Crippen LogP contribution in [0.25, 0.3) is 0 Å². The van der Waals surface area contributed by atoms with Crippen molar-refractivity contribution in [1.82, 2.24) is 5.32 Å². The maximum Gasteiger partial charge on any atom is 0.326 e. The number of ketones is 1. The van der Waals surface area contributed by atoms with Gasteiger partial charge in [-0.3, -0.25) is 9.59 Å². The molecule has 98 valence electrons. The summed E-state index contributed by atoms with van der Waals surface area (Å²) in [5.41, 5.74) is 5.41. The number of nitrogens with one attached hydrogen (secondary N) is 1. The summed E-state index contributed by atoms with van der Waals surface area (Å²) in [6, 6.07) is -1.92. The van der Waals surface area contributed by atoms with Crippen LogP contribution in [0.3, 0.4) is 0 Å². The van der Waals surface area contributed by atoms with Crippen molar-refractivity contribution in [2.45, 2.75) is 45.7 Å². The SMILES string of the molecule is CCC(N)C(=O)C(=O)N[C@H](CC(C)C)C(=O)O. The number of hydrogen-bond donors (Lipinski definition) is 3. The summed E-state index contributed by atoms with van der Waals surface area (Å²) >= 11 is 0. The molecule has 0 saturated carbocycles. The van der Waals surface area contributed by atoms with E-state index in [4.69, 9.17) is 10.8 Å². The summed E-state index contributed by atoms with van der Waals surface area (Å²) in [6.45, 7) is 5.35. The first-order chi connectivity index (χ1) is 7.79. The molecule has 0 bridgehead atoms. The van der Waals surface area contributed by atoms with Gasteiger partial charge in [0.2, 0.25) is 5.78 Å². The van der Waals surface area contributed by atoms with Crippen LogP contribution in [-0.4, -0.2) is 34.8 Å². The summed E-state index contributed by atoms with van der Waals surface area (Å²) in [5.74, 6) is -2.74. The van der Waals surface area contributed by atoms with Crippen LogP contribution in [0.1, 0.15) is 33.6 Å². The van der Waals surface area contributed by atoms with E-state index < -0.39 is 29.7 Å². The fraction of sp³-hybridized carbons (Fsp3) is 0.727. The van der Waals surface area contributed by atoms with Crippen LogP contribution >= 0.6 is 0 Å². The molecule has 2 atom stereocenters. The molecule has 0 radical (unpaired) electrons. The Kier molecular flexibility index (Phi) is 6.42. The Morgan fingerprint density at radius 3 is 2.18 bits per heavy atom. The van der Waals surface area contributed by atoms with Gasteiger partial charge in [-0.25, -0.2) is 4.79 Å². The van der Waals surface area contributed by atoms with Crippen molar-refractivity contribution in [3.05, 3.63) is 0 Å². The summed E-state index contributed by atoms with van der Waals surface area (Å²) < 4.78 is 0. The average Bonchev–Trinajstić information content (AvgIpc) is 2.25. The van der Waals surface area contributed by atoms with Crippen molar-refractivity contribution in [2.24, 2.45) is 11.7 Å². The minimum absolute atomic E-state index is 0.103. The van der Waals surface area contributed by atoms with Gasteiger partial charge in [-0.05, 0) is 18.8 Å². The number of carbonyl (C=O) groups is 3. The van der Waals surface area contributed by atoms with E-state index in [1.165, 1.54) is 0 Å². The highest BCUT2D eigenvalue weighted by molar-refractivity contribution is 6.38. The zero-order valence-corrected chi connectivity index (χ0v) is 10.4. The monoisotopic (exact) mass is 244 g/mol. The minimum atomic E-state index is -1.15. The molecule has 0 aliphatic carbocycles. The van der Waals surface area contributed by atoms with Gasteiger partial charge < -0.3 is 16.2 Å². The molecule has 0 heterocycles. The molecule has 17 heavy (non-hydrogen) atoms. The van der Waals surface area contributed by atoms with Crippen molar-refractivity contribution in [1.29, 1.82) is 0 Å². The molecular formula is C11H20N2O4. The minimum Gasteiger partial charge on any atom is -0.480 e. The number of aliphatic carboxylic acids is 1.